The molecule has 0 bridgehead atoms. The molecule has 0 amide bonds. The van der Waals surface area contributed by atoms with Gasteiger partial charge in [0.2, 0.25) is 0 Å². The van der Waals surface area contributed by atoms with Crippen LogP contribution in [0.4, 0.5) is 0 Å². The number of ether oxygens (including phenoxy) is 6. The third kappa shape index (κ3) is 9.47. The molecule has 0 aliphatic carbocycles. The largest absolute Gasteiger partial charge is 0.463 e. The van der Waals surface area contributed by atoms with Gasteiger partial charge >= 0.3 is 11.9 Å². The highest BCUT2D eigenvalue weighted by atomic mass is 16.7. The van der Waals surface area contributed by atoms with Crippen LogP contribution in [0, 0.1) is 5.92 Å². The van der Waals surface area contributed by atoms with Gasteiger partial charge in [-0.1, -0.05) is 13.8 Å². The van der Waals surface area contributed by atoms with Crippen LogP contribution in [0.3, 0.4) is 0 Å². The van der Waals surface area contributed by atoms with Crippen molar-refractivity contribution < 1.29 is 38.0 Å². The van der Waals surface area contributed by atoms with Crippen molar-refractivity contribution in [3.8, 4) is 0 Å². The molecule has 0 aromatic heterocycles. The lowest BCUT2D eigenvalue weighted by molar-refractivity contribution is -0.256. The van der Waals surface area contributed by atoms with E-state index in [0.717, 1.165) is 13.0 Å². The maximum absolute atomic E-state index is 11.3. The molecule has 0 N–H and O–H groups in total. The number of hydrogen-bond donors (Lipinski definition) is 0. The van der Waals surface area contributed by atoms with Crippen molar-refractivity contribution >= 4 is 11.9 Å². The van der Waals surface area contributed by atoms with E-state index < -0.39 is 6.29 Å². The first-order valence-electron chi connectivity index (χ1n) is 9.17. The van der Waals surface area contributed by atoms with Crippen LogP contribution in [-0.4, -0.2) is 70.1 Å². The first-order chi connectivity index (χ1) is 12.4. The van der Waals surface area contributed by atoms with Gasteiger partial charge in [-0.15, -0.1) is 0 Å². The van der Waals surface area contributed by atoms with Crippen molar-refractivity contribution in [3.63, 3.8) is 0 Å². The lowest BCUT2D eigenvalue weighted by Gasteiger charge is -2.39. The van der Waals surface area contributed by atoms with Crippen molar-refractivity contribution in [1.29, 1.82) is 0 Å². The lowest BCUT2D eigenvalue weighted by Crippen LogP contribution is -2.47. The lowest BCUT2D eigenvalue weighted by atomic mass is 9.95. The Morgan fingerprint density at radius 1 is 1.00 bits per heavy atom. The highest BCUT2D eigenvalue weighted by Gasteiger charge is 2.39. The molecule has 8 nitrogen and oxygen atoms in total. The van der Waals surface area contributed by atoms with Gasteiger partial charge in [0.1, 0.15) is 12.7 Å². The number of esters is 2. The standard InChI is InChI=1S/C18H32O8/c1-5-6-21-7-8-22-9-10-23-18-13(2)17(25-15(4)20)11-16(26-18)12-24-14(3)19/h13,16-18H,5-12H2,1-4H3. The fourth-order valence-corrected chi connectivity index (χ4v) is 2.58. The third-order valence-corrected chi connectivity index (χ3v) is 3.86. The number of rotatable bonds is 12. The van der Waals surface area contributed by atoms with E-state index in [1.165, 1.54) is 13.8 Å². The highest BCUT2D eigenvalue weighted by molar-refractivity contribution is 5.66. The summed E-state index contributed by atoms with van der Waals surface area (Å²) in [6.07, 6.45) is 0.147. The van der Waals surface area contributed by atoms with Crippen LogP contribution in [0.15, 0.2) is 0 Å². The molecule has 0 aromatic rings. The van der Waals surface area contributed by atoms with E-state index in [0.29, 0.717) is 32.8 Å². The molecule has 4 unspecified atom stereocenters. The Hall–Kier alpha value is -1.22. The number of carbonyl (C=O) groups is 2. The van der Waals surface area contributed by atoms with E-state index >= 15 is 0 Å². The van der Waals surface area contributed by atoms with Gasteiger partial charge in [-0.05, 0) is 6.42 Å². The summed E-state index contributed by atoms with van der Waals surface area (Å²) >= 11 is 0. The van der Waals surface area contributed by atoms with Crippen molar-refractivity contribution in [1.82, 2.24) is 0 Å². The summed E-state index contributed by atoms with van der Waals surface area (Å²) < 4.78 is 32.7. The van der Waals surface area contributed by atoms with Crippen LogP contribution in [0.25, 0.3) is 0 Å². The maximum atomic E-state index is 11.3. The van der Waals surface area contributed by atoms with Crippen LogP contribution < -0.4 is 0 Å². The molecule has 1 rings (SSSR count). The van der Waals surface area contributed by atoms with E-state index in [9.17, 15) is 9.59 Å². The Kier molecular flexibility index (Phi) is 11.4. The fourth-order valence-electron chi connectivity index (χ4n) is 2.58. The van der Waals surface area contributed by atoms with E-state index in [4.69, 9.17) is 28.4 Å². The minimum absolute atomic E-state index is 0.102. The predicted octanol–water partition coefficient (Wildman–Crippen LogP) is 1.69. The van der Waals surface area contributed by atoms with Crippen molar-refractivity contribution in [3.05, 3.63) is 0 Å². The molecule has 1 heterocycles. The van der Waals surface area contributed by atoms with E-state index in [-0.39, 0.29) is 36.7 Å². The van der Waals surface area contributed by atoms with Gasteiger partial charge in [-0.3, -0.25) is 9.59 Å². The molecule has 0 saturated carbocycles. The highest BCUT2D eigenvalue weighted by Crippen LogP contribution is 2.29. The third-order valence-electron chi connectivity index (χ3n) is 3.86. The van der Waals surface area contributed by atoms with Gasteiger partial charge in [-0.2, -0.15) is 0 Å². The zero-order valence-electron chi connectivity index (χ0n) is 16.2. The second-order valence-corrected chi connectivity index (χ2v) is 6.27. The normalized spacial score (nSPS) is 25.7. The van der Waals surface area contributed by atoms with Crippen LogP contribution in [-0.2, 0) is 38.0 Å². The van der Waals surface area contributed by atoms with Gasteiger partial charge in [0.05, 0.1) is 32.5 Å². The molecule has 1 aliphatic rings. The zero-order valence-corrected chi connectivity index (χ0v) is 16.2. The van der Waals surface area contributed by atoms with Crippen molar-refractivity contribution in [2.24, 2.45) is 5.92 Å². The van der Waals surface area contributed by atoms with Gasteiger partial charge in [-0.25, -0.2) is 0 Å². The van der Waals surface area contributed by atoms with E-state index in [1.54, 1.807) is 0 Å². The Morgan fingerprint density at radius 2 is 1.65 bits per heavy atom. The first kappa shape index (κ1) is 22.8. The van der Waals surface area contributed by atoms with Gasteiger partial charge in [0.25, 0.3) is 0 Å². The SMILES string of the molecule is CCCOCCOCCOC1OC(COC(C)=O)CC(OC(C)=O)C1C. The quantitative estimate of drug-likeness (QED) is 0.375. The second-order valence-electron chi connectivity index (χ2n) is 6.27. The van der Waals surface area contributed by atoms with Crippen LogP contribution in [0.5, 0.6) is 0 Å². The second kappa shape index (κ2) is 13.0. The predicted molar refractivity (Wildman–Crippen MR) is 92.5 cm³/mol. The topological polar surface area (TPSA) is 89.5 Å². The molecular weight excluding hydrogens is 344 g/mol. The molecule has 4 atom stereocenters. The summed E-state index contributed by atoms with van der Waals surface area (Å²) in [6, 6.07) is 0. The van der Waals surface area contributed by atoms with E-state index in [2.05, 4.69) is 6.92 Å². The summed E-state index contributed by atoms with van der Waals surface area (Å²) in [5.74, 6) is -0.878. The van der Waals surface area contributed by atoms with Gasteiger partial charge < -0.3 is 28.4 Å². The monoisotopic (exact) mass is 376 g/mol. The minimum atomic E-state index is -0.561. The molecule has 1 saturated heterocycles. The summed E-state index contributed by atoms with van der Waals surface area (Å²) in [5, 5.41) is 0. The summed E-state index contributed by atoms with van der Waals surface area (Å²) in [5.41, 5.74) is 0. The Labute approximate surface area is 155 Å². The average Bonchev–Trinajstić information content (AvgIpc) is 2.58. The van der Waals surface area contributed by atoms with E-state index in [1.807, 2.05) is 6.92 Å². The Bertz CT molecular complexity index is 414. The zero-order chi connectivity index (χ0) is 19.4. The van der Waals surface area contributed by atoms with Gasteiger partial charge in [0, 0.05) is 32.8 Å². The van der Waals surface area contributed by atoms with Crippen molar-refractivity contribution in [2.75, 3.05) is 39.6 Å². The van der Waals surface area contributed by atoms with Crippen LogP contribution >= 0.6 is 0 Å². The molecular formula is C18H32O8. The molecule has 0 aromatic carbocycles. The molecule has 152 valence electrons. The number of carbonyl (C=O) groups excluding carboxylic acids is 2. The number of hydrogen-bond acceptors (Lipinski definition) is 8. The fraction of sp³-hybridized carbons (Fsp3) is 0.889. The Balaban J connectivity index is 2.39. The summed E-state index contributed by atoms with van der Waals surface area (Å²) in [6.45, 7) is 9.32. The molecule has 1 aliphatic heterocycles. The maximum Gasteiger partial charge on any atom is 0.302 e. The summed E-state index contributed by atoms with van der Waals surface area (Å²) in [7, 11) is 0. The Morgan fingerprint density at radius 3 is 2.27 bits per heavy atom. The first-order valence-corrected chi connectivity index (χ1v) is 9.17. The smallest absolute Gasteiger partial charge is 0.302 e. The molecule has 8 heteroatoms. The van der Waals surface area contributed by atoms with Crippen molar-refractivity contribution in [2.45, 2.75) is 59.0 Å². The molecule has 1 fully saturated rings. The van der Waals surface area contributed by atoms with Crippen LogP contribution in [0.1, 0.15) is 40.5 Å². The molecule has 26 heavy (non-hydrogen) atoms. The molecule has 0 radical (unpaired) electrons. The summed E-state index contributed by atoms with van der Waals surface area (Å²) in [4.78, 5) is 22.3. The van der Waals surface area contributed by atoms with Crippen LogP contribution in [0.2, 0.25) is 0 Å². The van der Waals surface area contributed by atoms with Gasteiger partial charge in [0.15, 0.2) is 6.29 Å². The minimum Gasteiger partial charge on any atom is -0.463 e. The average molecular weight is 376 g/mol. The molecule has 0 spiro atoms.